The van der Waals surface area contributed by atoms with Gasteiger partial charge in [0.05, 0.1) is 10.5 Å². The summed E-state index contributed by atoms with van der Waals surface area (Å²) < 4.78 is 14.4. The number of hydrogen-bond donors (Lipinski definition) is 1. The van der Waals surface area contributed by atoms with Crippen molar-refractivity contribution in [3.63, 3.8) is 0 Å². The van der Waals surface area contributed by atoms with E-state index >= 15 is 0 Å². The normalized spacial score (nSPS) is 17.2. The highest BCUT2D eigenvalue weighted by atomic mass is 79.9. The number of hydrogen-bond acceptors (Lipinski definition) is 3. The third kappa shape index (κ3) is 3.85. The molecule has 0 radical (unpaired) electrons. The van der Waals surface area contributed by atoms with Gasteiger partial charge in [0, 0.05) is 26.2 Å². The highest BCUT2D eigenvalue weighted by molar-refractivity contribution is 9.10. The lowest BCUT2D eigenvalue weighted by atomic mass is 9.99. The Labute approximate surface area is 142 Å². The smallest absolute Gasteiger partial charge is 0.137 e. The molecule has 0 unspecified atom stereocenters. The van der Waals surface area contributed by atoms with Crippen molar-refractivity contribution in [2.45, 2.75) is 6.04 Å². The Morgan fingerprint density at radius 2 is 1.95 bits per heavy atom. The molecule has 1 atom stereocenters. The molecule has 0 amide bonds. The standard InChI is InChI=1S/C15H16BrFN2S.ClH/c16-13-2-1-11(9-14(13)17)15(12-3-8-20-10-12)19-6-4-18-5-7-19;/h1-3,8-10,15,18H,4-7H2;1H/t15-;/m1./s1. The van der Waals surface area contributed by atoms with Gasteiger partial charge in [0.15, 0.2) is 0 Å². The van der Waals surface area contributed by atoms with E-state index in [1.165, 1.54) is 5.56 Å². The molecule has 1 aromatic heterocycles. The number of halogens is 3. The molecule has 1 aromatic carbocycles. The zero-order valence-corrected chi connectivity index (χ0v) is 14.6. The molecule has 0 saturated carbocycles. The van der Waals surface area contributed by atoms with E-state index < -0.39 is 0 Å². The lowest BCUT2D eigenvalue weighted by Gasteiger charge is -2.35. The van der Waals surface area contributed by atoms with Crippen molar-refractivity contribution in [1.82, 2.24) is 10.2 Å². The minimum absolute atomic E-state index is 0. The van der Waals surface area contributed by atoms with Gasteiger partial charge in [0.2, 0.25) is 0 Å². The second-order valence-corrected chi connectivity index (χ2v) is 6.55. The summed E-state index contributed by atoms with van der Waals surface area (Å²) in [5, 5.41) is 7.61. The van der Waals surface area contributed by atoms with Crippen molar-refractivity contribution in [2.24, 2.45) is 0 Å². The lowest BCUT2D eigenvalue weighted by Crippen LogP contribution is -2.45. The van der Waals surface area contributed by atoms with Crippen LogP contribution in [0.25, 0.3) is 0 Å². The van der Waals surface area contributed by atoms with Crippen LogP contribution in [0, 0.1) is 5.82 Å². The van der Waals surface area contributed by atoms with E-state index in [9.17, 15) is 4.39 Å². The average molecular weight is 392 g/mol. The van der Waals surface area contributed by atoms with Crippen LogP contribution < -0.4 is 5.32 Å². The van der Waals surface area contributed by atoms with Gasteiger partial charge in [-0.15, -0.1) is 12.4 Å². The molecular formula is C15H17BrClFN2S. The molecule has 1 aliphatic heterocycles. The predicted octanol–water partition coefficient (Wildman–Crippen LogP) is 4.07. The van der Waals surface area contributed by atoms with Gasteiger partial charge in [0.25, 0.3) is 0 Å². The third-order valence-corrected chi connectivity index (χ3v) is 4.98. The van der Waals surface area contributed by atoms with E-state index in [2.05, 4.69) is 43.0 Å². The van der Waals surface area contributed by atoms with Crippen LogP contribution in [-0.2, 0) is 0 Å². The number of nitrogens with zero attached hydrogens (tertiary/aromatic N) is 1. The van der Waals surface area contributed by atoms with Crippen LogP contribution in [0.4, 0.5) is 4.39 Å². The van der Waals surface area contributed by atoms with Gasteiger partial charge in [-0.05, 0) is 56.0 Å². The first-order valence-corrected chi connectivity index (χ1v) is 8.41. The van der Waals surface area contributed by atoms with Crippen molar-refractivity contribution in [3.05, 3.63) is 56.4 Å². The summed E-state index contributed by atoms with van der Waals surface area (Å²) in [6, 6.07) is 7.74. The van der Waals surface area contributed by atoms with E-state index in [0.717, 1.165) is 31.7 Å². The highest BCUT2D eigenvalue weighted by Crippen LogP contribution is 2.32. The first kappa shape index (κ1) is 16.9. The molecule has 2 aromatic rings. The van der Waals surface area contributed by atoms with Gasteiger partial charge >= 0.3 is 0 Å². The Kier molecular flexibility index (Phi) is 6.20. The van der Waals surface area contributed by atoms with Gasteiger partial charge in [-0.2, -0.15) is 11.3 Å². The van der Waals surface area contributed by atoms with E-state index in [1.807, 2.05) is 6.07 Å². The molecule has 2 nitrogen and oxygen atoms in total. The van der Waals surface area contributed by atoms with Crippen LogP contribution in [0.1, 0.15) is 17.2 Å². The summed E-state index contributed by atoms with van der Waals surface area (Å²) in [6.45, 7) is 3.94. The fourth-order valence-electron chi connectivity index (χ4n) is 2.67. The number of thiophene rings is 1. The molecule has 1 aliphatic rings. The first-order chi connectivity index (χ1) is 9.75. The minimum Gasteiger partial charge on any atom is -0.314 e. The molecule has 6 heteroatoms. The number of piperazine rings is 1. The number of rotatable bonds is 3. The molecule has 2 heterocycles. The predicted molar refractivity (Wildman–Crippen MR) is 92.0 cm³/mol. The quantitative estimate of drug-likeness (QED) is 0.848. The monoisotopic (exact) mass is 390 g/mol. The largest absolute Gasteiger partial charge is 0.314 e. The maximum atomic E-state index is 13.9. The molecule has 1 fully saturated rings. The molecular weight excluding hydrogens is 375 g/mol. The Bertz CT molecular complexity index is 573. The molecule has 0 aliphatic carbocycles. The summed E-state index contributed by atoms with van der Waals surface area (Å²) in [4.78, 5) is 2.42. The Morgan fingerprint density at radius 1 is 1.19 bits per heavy atom. The Morgan fingerprint density at radius 3 is 2.57 bits per heavy atom. The van der Waals surface area contributed by atoms with Crippen LogP contribution in [0.3, 0.4) is 0 Å². The lowest BCUT2D eigenvalue weighted by molar-refractivity contribution is 0.198. The second-order valence-electron chi connectivity index (χ2n) is 4.92. The topological polar surface area (TPSA) is 15.3 Å². The van der Waals surface area contributed by atoms with E-state index in [4.69, 9.17) is 0 Å². The highest BCUT2D eigenvalue weighted by Gasteiger charge is 2.24. The van der Waals surface area contributed by atoms with Crippen molar-refractivity contribution in [2.75, 3.05) is 26.2 Å². The SMILES string of the molecule is Cl.Fc1cc([C@H](c2ccsc2)N2CCNCC2)ccc1Br. The van der Waals surface area contributed by atoms with Crippen molar-refractivity contribution >= 4 is 39.7 Å². The van der Waals surface area contributed by atoms with Crippen LogP contribution in [0.2, 0.25) is 0 Å². The van der Waals surface area contributed by atoms with Crippen molar-refractivity contribution in [3.8, 4) is 0 Å². The summed E-state index contributed by atoms with van der Waals surface area (Å²) in [6.07, 6.45) is 0. The Balaban J connectivity index is 0.00000161. The summed E-state index contributed by atoms with van der Waals surface area (Å²) in [7, 11) is 0. The molecule has 0 spiro atoms. The summed E-state index contributed by atoms with van der Waals surface area (Å²) in [5.74, 6) is -0.196. The Hall–Kier alpha value is -0.460. The van der Waals surface area contributed by atoms with Crippen LogP contribution in [-0.4, -0.2) is 31.1 Å². The fraction of sp³-hybridized carbons (Fsp3) is 0.333. The zero-order valence-electron chi connectivity index (χ0n) is 11.4. The minimum atomic E-state index is -0.196. The van der Waals surface area contributed by atoms with E-state index in [-0.39, 0.29) is 24.3 Å². The first-order valence-electron chi connectivity index (χ1n) is 6.67. The van der Waals surface area contributed by atoms with Gasteiger partial charge in [-0.1, -0.05) is 6.07 Å². The summed E-state index contributed by atoms with van der Waals surface area (Å²) in [5.41, 5.74) is 2.27. The molecule has 1 saturated heterocycles. The molecule has 114 valence electrons. The fourth-order valence-corrected chi connectivity index (χ4v) is 3.59. The second kappa shape index (κ2) is 7.70. The number of nitrogens with one attached hydrogen (secondary N) is 1. The van der Waals surface area contributed by atoms with Gasteiger partial charge in [-0.25, -0.2) is 4.39 Å². The molecule has 0 bridgehead atoms. The van der Waals surface area contributed by atoms with Gasteiger partial charge in [-0.3, -0.25) is 4.90 Å². The molecule has 21 heavy (non-hydrogen) atoms. The maximum absolute atomic E-state index is 13.9. The van der Waals surface area contributed by atoms with Crippen LogP contribution in [0.15, 0.2) is 39.5 Å². The zero-order chi connectivity index (χ0) is 13.9. The van der Waals surface area contributed by atoms with E-state index in [0.29, 0.717) is 4.47 Å². The number of benzene rings is 1. The third-order valence-electron chi connectivity index (χ3n) is 3.64. The van der Waals surface area contributed by atoms with E-state index in [1.54, 1.807) is 23.5 Å². The molecule has 1 N–H and O–H groups in total. The molecule has 3 rings (SSSR count). The average Bonchev–Trinajstić information content (AvgIpc) is 2.98. The van der Waals surface area contributed by atoms with Gasteiger partial charge in [0.1, 0.15) is 5.82 Å². The van der Waals surface area contributed by atoms with Crippen LogP contribution >= 0.6 is 39.7 Å². The van der Waals surface area contributed by atoms with Crippen LogP contribution in [0.5, 0.6) is 0 Å². The van der Waals surface area contributed by atoms with Crippen molar-refractivity contribution in [1.29, 1.82) is 0 Å². The maximum Gasteiger partial charge on any atom is 0.137 e. The summed E-state index contributed by atoms with van der Waals surface area (Å²) >= 11 is 4.92. The van der Waals surface area contributed by atoms with Gasteiger partial charge < -0.3 is 5.32 Å². The van der Waals surface area contributed by atoms with Crippen molar-refractivity contribution < 1.29 is 4.39 Å².